The van der Waals surface area contributed by atoms with E-state index in [9.17, 15) is 8.42 Å². The average molecular weight is 397 g/mol. The van der Waals surface area contributed by atoms with E-state index in [1.54, 1.807) is 31.4 Å². The van der Waals surface area contributed by atoms with Gasteiger partial charge in [-0.25, -0.2) is 13.1 Å². The molecule has 5 nitrogen and oxygen atoms in total. The van der Waals surface area contributed by atoms with Crippen LogP contribution in [0.15, 0.2) is 83.8 Å². The maximum Gasteiger partial charge on any atom is 0.240 e. The van der Waals surface area contributed by atoms with E-state index < -0.39 is 10.0 Å². The average Bonchev–Trinajstić information content (AvgIpc) is 2.72. The summed E-state index contributed by atoms with van der Waals surface area (Å²) in [6.07, 6.45) is 0. The Kier molecular flexibility index (Phi) is 6.34. The van der Waals surface area contributed by atoms with Crippen LogP contribution in [0.5, 0.6) is 5.75 Å². The highest BCUT2D eigenvalue weighted by molar-refractivity contribution is 7.89. The fraction of sp³-hybridized carbons (Fsp3) is 0.182. The first-order valence-electron chi connectivity index (χ1n) is 9.00. The molecule has 0 amide bonds. The van der Waals surface area contributed by atoms with Crippen LogP contribution < -0.4 is 14.8 Å². The van der Waals surface area contributed by atoms with E-state index in [0.29, 0.717) is 0 Å². The normalized spacial score (nSPS) is 12.4. The van der Waals surface area contributed by atoms with Gasteiger partial charge in [0.05, 0.1) is 18.0 Å². The number of ether oxygens (including phenoxy) is 1. The van der Waals surface area contributed by atoms with Gasteiger partial charge in [0.15, 0.2) is 0 Å². The predicted octanol–water partition coefficient (Wildman–Crippen LogP) is 4.14. The lowest BCUT2D eigenvalue weighted by Gasteiger charge is -2.21. The smallest absolute Gasteiger partial charge is 0.240 e. The molecular weight excluding hydrogens is 372 g/mol. The molecule has 0 aromatic heterocycles. The third-order valence-electron chi connectivity index (χ3n) is 4.42. The highest BCUT2D eigenvalue weighted by Gasteiger charge is 2.18. The number of rotatable bonds is 8. The molecule has 28 heavy (non-hydrogen) atoms. The molecule has 0 fully saturated rings. The van der Waals surface area contributed by atoms with E-state index in [-0.39, 0.29) is 17.5 Å². The summed E-state index contributed by atoms with van der Waals surface area (Å²) in [6.45, 7) is 2.13. The summed E-state index contributed by atoms with van der Waals surface area (Å²) in [7, 11) is -1.99. The SMILES string of the molecule is COc1cccc(N[C@@H](CNS(=O)(=O)c2ccc(C)cc2)c2ccccc2)c1. The molecule has 3 aromatic carbocycles. The van der Waals surface area contributed by atoms with Gasteiger partial charge in [0, 0.05) is 18.3 Å². The number of hydrogen-bond donors (Lipinski definition) is 2. The summed E-state index contributed by atoms with van der Waals surface area (Å²) < 4.78 is 33.3. The first kappa shape index (κ1) is 19.9. The van der Waals surface area contributed by atoms with E-state index in [4.69, 9.17) is 4.74 Å². The second kappa shape index (κ2) is 8.91. The molecule has 146 valence electrons. The van der Waals surface area contributed by atoms with Crippen LogP contribution >= 0.6 is 0 Å². The Morgan fingerprint density at radius 3 is 2.32 bits per heavy atom. The number of sulfonamides is 1. The van der Waals surface area contributed by atoms with E-state index in [2.05, 4.69) is 10.0 Å². The lowest BCUT2D eigenvalue weighted by Crippen LogP contribution is -2.31. The molecule has 0 aliphatic rings. The highest BCUT2D eigenvalue weighted by atomic mass is 32.2. The molecule has 0 aliphatic heterocycles. The topological polar surface area (TPSA) is 67.4 Å². The molecular formula is C22H24N2O3S. The highest BCUT2D eigenvalue weighted by Crippen LogP contribution is 2.23. The third kappa shape index (κ3) is 5.12. The van der Waals surface area contributed by atoms with Crippen molar-refractivity contribution >= 4 is 15.7 Å². The summed E-state index contributed by atoms with van der Waals surface area (Å²) in [4.78, 5) is 0.256. The first-order valence-corrected chi connectivity index (χ1v) is 10.5. The van der Waals surface area contributed by atoms with Gasteiger partial charge < -0.3 is 10.1 Å². The zero-order chi connectivity index (χ0) is 20.0. The Balaban J connectivity index is 1.80. The lowest BCUT2D eigenvalue weighted by molar-refractivity contribution is 0.415. The van der Waals surface area contributed by atoms with E-state index >= 15 is 0 Å². The monoisotopic (exact) mass is 396 g/mol. The Morgan fingerprint density at radius 1 is 0.929 bits per heavy atom. The molecule has 0 saturated heterocycles. The largest absolute Gasteiger partial charge is 0.497 e. The molecule has 0 heterocycles. The molecule has 0 saturated carbocycles. The zero-order valence-electron chi connectivity index (χ0n) is 15.9. The Morgan fingerprint density at radius 2 is 1.64 bits per heavy atom. The molecule has 1 atom stereocenters. The van der Waals surface area contributed by atoms with Crippen LogP contribution in [0.2, 0.25) is 0 Å². The molecule has 3 rings (SSSR count). The maximum atomic E-state index is 12.7. The van der Waals surface area contributed by atoms with Gasteiger partial charge in [-0.1, -0.05) is 54.1 Å². The molecule has 0 aliphatic carbocycles. The van der Waals surface area contributed by atoms with Crippen molar-refractivity contribution in [1.82, 2.24) is 4.72 Å². The molecule has 0 spiro atoms. The number of methoxy groups -OCH3 is 1. The van der Waals surface area contributed by atoms with Crippen LogP contribution in [-0.4, -0.2) is 22.1 Å². The van der Waals surface area contributed by atoms with E-state index in [1.165, 1.54) is 0 Å². The standard InChI is InChI=1S/C22H24N2O3S/c1-17-11-13-21(14-12-17)28(25,26)23-16-22(18-7-4-3-5-8-18)24-19-9-6-10-20(15-19)27-2/h3-15,22-24H,16H2,1-2H3/t22-/m0/s1. The van der Waals surface area contributed by atoms with Gasteiger partial charge in [0.25, 0.3) is 0 Å². The van der Waals surface area contributed by atoms with Crippen LogP contribution in [0.25, 0.3) is 0 Å². The van der Waals surface area contributed by atoms with Crippen molar-refractivity contribution in [3.63, 3.8) is 0 Å². The van der Waals surface area contributed by atoms with Crippen molar-refractivity contribution in [2.24, 2.45) is 0 Å². The van der Waals surface area contributed by atoms with Gasteiger partial charge in [0.1, 0.15) is 5.75 Å². The second-order valence-electron chi connectivity index (χ2n) is 6.50. The van der Waals surface area contributed by atoms with Gasteiger partial charge in [-0.15, -0.1) is 0 Å². The number of hydrogen-bond acceptors (Lipinski definition) is 4. The predicted molar refractivity (Wildman–Crippen MR) is 112 cm³/mol. The van der Waals surface area contributed by atoms with Crippen molar-refractivity contribution in [2.75, 3.05) is 19.0 Å². The molecule has 2 N–H and O–H groups in total. The summed E-state index contributed by atoms with van der Waals surface area (Å²) >= 11 is 0. The Hall–Kier alpha value is -2.83. The van der Waals surface area contributed by atoms with Crippen LogP contribution in [0.1, 0.15) is 17.2 Å². The van der Waals surface area contributed by atoms with Crippen LogP contribution in [-0.2, 0) is 10.0 Å². The van der Waals surface area contributed by atoms with Gasteiger partial charge in [-0.2, -0.15) is 0 Å². The Bertz CT molecular complexity index is 1000. The number of nitrogens with one attached hydrogen (secondary N) is 2. The first-order chi connectivity index (χ1) is 13.5. The summed E-state index contributed by atoms with van der Waals surface area (Å²) in [6, 6.07) is 23.9. The molecule has 3 aromatic rings. The lowest BCUT2D eigenvalue weighted by atomic mass is 10.1. The molecule has 6 heteroatoms. The second-order valence-corrected chi connectivity index (χ2v) is 8.27. The van der Waals surface area contributed by atoms with Crippen LogP contribution in [0, 0.1) is 6.92 Å². The van der Waals surface area contributed by atoms with Crippen LogP contribution in [0.3, 0.4) is 0 Å². The minimum absolute atomic E-state index is 0.206. The number of anilines is 1. The van der Waals surface area contributed by atoms with Crippen molar-refractivity contribution in [2.45, 2.75) is 17.9 Å². The zero-order valence-corrected chi connectivity index (χ0v) is 16.7. The third-order valence-corrected chi connectivity index (χ3v) is 5.86. The van der Waals surface area contributed by atoms with Gasteiger partial charge in [-0.3, -0.25) is 0 Å². The quantitative estimate of drug-likeness (QED) is 0.601. The van der Waals surface area contributed by atoms with Crippen LogP contribution in [0.4, 0.5) is 5.69 Å². The van der Waals surface area contributed by atoms with E-state index in [0.717, 1.165) is 22.6 Å². The molecule has 0 bridgehead atoms. The van der Waals surface area contributed by atoms with Crippen molar-refractivity contribution in [1.29, 1.82) is 0 Å². The Labute approximate surface area is 166 Å². The summed E-state index contributed by atoms with van der Waals surface area (Å²) in [5, 5.41) is 3.40. The minimum Gasteiger partial charge on any atom is -0.497 e. The van der Waals surface area contributed by atoms with Gasteiger partial charge in [0.2, 0.25) is 10.0 Å². The van der Waals surface area contributed by atoms with Crippen molar-refractivity contribution in [3.05, 3.63) is 90.0 Å². The van der Waals surface area contributed by atoms with Crippen molar-refractivity contribution < 1.29 is 13.2 Å². The fourth-order valence-corrected chi connectivity index (χ4v) is 3.89. The number of aryl methyl sites for hydroxylation is 1. The summed E-state index contributed by atoms with van der Waals surface area (Å²) in [5.74, 6) is 0.733. The minimum atomic E-state index is -3.60. The summed E-state index contributed by atoms with van der Waals surface area (Å²) in [5.41, 5.74) is 2.85. The maximum absolute atomic E-state index is 12.7. The molecule has 0 unspecified atom stereocenters. The fourth-order valence-electron chi connectivity index (χ4n) is 2.85. The van der Waals surface area contributed by atoms with Gasteiger partial charge >= 0.3 is 0 Å². The number of benzene rings is 3. The van der Waals surface area contributed by atoms with Gasteiger partial charge in [-0.05, 0) is 36.8 Å². The van der Waals surface area contributed by atoms with E-state index in [1.807, 2.05) is 61.5 Å². The van der Waals surface area contributed by atoms with Crippen molar-refractivity contribution in [3.8, 4) is 5.75 Å². The molecule has 0 radical (unpaired) electrons.